The van der Waals surface area contributed by atoms with Crippen LogP contribution in [0.1, 0.15) is 19.3 Å². The predicted octanol–water partition coefficient (Wildman–Crippen LogP) is 0.0676. The number of aliphatic hydroxyl groups is 1. The maximum atomic E-state index is 8.90. The van der Waals surface area contributed by atoms with E-state index < -0.39 is 0 Å². The normalized spacial score (nSPS) is 21.8. The zero-order valence-corrected chi connectivity index (χ0v) is 9.91. The van der Waals surface area contributed by atoms with Crippen LogP contribution in [-0.2, 0) is 4.74 Å². The Kier molecular flexibility index (Phi) is 6.17. The number of methoxy groups -OCH3 is 1. The molecule has 0 aromatic rings. The van der Waals surface area contributed by atoms with Gasteiger partial charge in [0.1, 0.15) is 0 Å². The van der Waals surface area contributed by atoms with Crippen LogP contribution in [0.4, 0.5) is 0 Å². The van der Waals surface area contributed by atoms with Gasteiger partial charge < -0.3 is 20.1 Å². The van der Waals surface area contributed by atoms with Gasteiger partial charge in [0.25, 0.3) is 0 Å². The maximum Gasteiger partial charge on any atom is 0.0595 e. The van der Waals surface area contributed by atoms with Gasteiger partial charge in [0.2, 0.25) is 0 Å². The highest BCUT2D eigenvalue weighted by atomic mass is 16.5. The zero-order chi connectivity index (χ0) is 11.1. The van der Waals surface area contributed by atoms with E-state index in [0.29, 0.717) is 12.1 Å². The second-order valence-corrected chi connectivity index (χ2v) is 4.23. The Balaban J connectivity index is 2.21. The third-order valence-electron chi connectivity index (χ3n) is 3.23. The van der Waals surface area contributed by atoms with Gasteiger partial charge in [-0.25, -0.2) is 0 Å². The van der Waals surface area contributed by atoms with Crippen molar-refractivity contribution in [3.8, 4) is 0 Å². The molecule has 1 rings (SSSR count). The molecule has 0 aliphatic carbocycles. The minimum absolute atomic E-state index is 0.264. The van der Waals surface area contributed by atoms with Crippen molar-refractivity contribution >= 4 is 0 Å². The van der Waals surface area contributed by atoms with Crippen molar-refractivity contribution in [3.05, 3.63) is 0 Å². The summed E-state index contributed by atoms with van der Waals surface area (Å²) in [6.45, 7) is 3.53. The molecule has 1 heterocycles. The van der Waals surface area contributed by atoms with E-state index >= 15 is 0 Å². The van der Waals surface area contributed by atoms with Gasteiger partial charge in [-0.3, -0.25) is 0 Å². The number of hydrogen-bond acceptors (Lipinski definition) is 4. The number of nitrogens with zero attached hydrogens (tertiary/aromatic N) is 1. The Labute approximate surface area is 92.6 Å². The van der Waals surface area contributed by atoms with Crippen molar-refractivity contribution in [1.29, 1.82) is 0 Å². The first kappa shape index (κ1) is 12.9. The highest BCUT2D eigenvalue weighted by molar-refractivity contribution is 4.76. The molecule has 1 aliphatic heterocycles. The minimum Gasteiger partial charge on any atom is -0.396 e. The lowest BCUT2D eigenvalue weighted by molar-refractivity contribution is 0.0378. The van der Waals surface area contributed by atoms with Crippen molar-refractivity contribution in [2.45, 2.75) is 31.4 Å². The molecule has 2 N–H and O–H groups in total. The molecule has 4 nitrogen and oxygen atoms in total. The Morgan fingerprint density at radius 2 is 2.13 bits per heavy atom. The van der Waals surface area contributed by atoms with Crippen LogP contribution in [0.2, 0.25) is 0 Å². The average Bonchev–Trinajstić information content (AvgIpc) is 2.29. The summed E-state index contributed by atoms with van der Waals surface area (Å²) in [5, 5.41) is 12.1. The standard InChI is InChI=1S/C11H24N2O2/c1-12-10(5-8-14)9-13-6-3-11(15-2)4-7-13/h10-12,14H,3-9H2,1-2H3. The zero-order valence-electron chi connectivity index (χ0n) is 9.91. The number of piperidine rings is 1. The molecular formula is C11H24N2O2. The molecule has 1 aliphatic rings. The van der Waals surface area contributed by atoms with E-state index in [1.165, 1.54) is 0 Å². The van der Waals surface area contributed by atoms with Gasteiger partial charge in [0, 0.05) is 39.4 Å². The fraction of sp³-hybridized carbons (Fsp3) is 1.00. The van der Waals surface area contributed by atoms with E-state index in [-0.39, 0.29) is 6.61 Å². The number of likely N-dealkylation sites (N-methyl/N-ethyl adjacent to an activating group) is 1. The number of nitrogens with one attached hydrogen (secondary N) is 1. The van der Waals surface area contributed by atoms with Crippen molar-refractivity contribution in [2.24, 2.45) is 0 Å². The largest absolute Gasteiger partial charge is 0.396 e. The summed E-state index contributed by atoms with van der Waals surface area (Å²) in [5.74, 6) is 0. The second kappa shape index (κ2) is 7.17. The van der Waals surface area contributed by atoms with Gasteiger partial charge in [-0.2, -0.15) is 0 Å². The van der Waals surface area contributed by atoms with Crippen LogP contribution >= 0.6 is 0 Å². The maximum absolute atomic E-state index is 8.90. The highest BCUT2D eigenvalue weighted by Crippen LogP contribution is 2.13. The summed E-state index contributed by atoms with van der Waals surface area (Å²) < 4.78 is 5.34. The lowest BCUT2D eigenvalue weighted by atomic mass is 10.1. The van der Waals surface area contributed by atoms with Gasteiger partial charge in [-0.15, -0.1) is 0 Å². The minimum atomic E-state index is 0.264. The Hall–Kier alpha value is -0.160. The van der Waals surface area contributed by atoms with Gasteiger partial charge in [-0.05, 0) is 26.3 Å². The van der Waals surface area contributed by atoms with Gasteiger partial charge in [0.05, 0.1) is 6.10 Å². The first-order chi connectivity index (χ1) is 7.30. The summed E-state index contributed by atoms with van der Waals surface area (Å²) >= 11 is 0. The highest BCUT2D eigenvalue weighted by Gasteiger charge is 2.20. The van der Waals surface area contributed by atoms with Crippen LogP contribution in [0.3, 0.4) is 0 Å². The molecule has 0 aromatic carbocycles. The predicted molar refractivity (Wildman–Crippen MR) is 61.0 cm³/mol. The molecule has 0 aromatic heterocycles. The number of ether oxygens (including phenoxy) is 1. The van der Waals surface area contributed by atoms with Crippen molar-refractivity contribution < 1.29 is 9.84 Å². The quantitative estimate of drug-likeness (QED) is 0.659. The number of hydrogen-bond donors (Lipinski definition) is 2. The van der Waals surface area contributed by atoms with Gasteiger partial charge >= 0.3 is 0 Å². The topological polar surface area (TPSA) is 44.7 Å². The molecule has 0 bridgehead atoms. The monoisotopic (exact) mass is 216 g/mol. The van der Waals surface area contributed by atoms with Crippen molar-refractivity contribution in [1.82, 2.24) is 10.2 Å². The fourth-order valence-electron chi connectivity index (χ4n) is 2.12. The van der Waals surface area contributed by atoms with Crippen LogP contribution in [0.15, 0.2) is 0 Å². The van der Waals surface area contributed by atoms with E-state index in [1.54, 1.807) is 7.11 Å². The molecule has 4 heteroatoms. The van der Waals surface area contributed by atoms with Gasteiger partial charge in [-0.1, -0.05) is 0 Å². The molecule has 0 spiro atoms. The molecule has 1 fully saturated rings. The third-order valence-corrected chi connectivity index (χ3v) is 3.23. The molecule has 0 amide bonds. The molecule has 0 saturated carbocycles. The molecule has 15 heavy (non-hydrogen) atoms. The Morgan fingerprint density at radius 3 is 2.60 bits per heavy atom. The van der Waals surface area contributed by atoms with Crippen LogP contribution in [0.5, 0.6) is 0 Å². The molecule has 90 valence electrons. The summed E-state index contributed by atoms with van der Waals surface area (Å²) in [6.07, 6.45) is 3.55. The van der Waals surface area contributed by atoms with Crippen LogP contribution in [-0.4, -0.2) is 62.6 Å². The van der Waals surface area contributed by atoms with E-state index in [0.717, 1.165) is 38.9 Å². The second-order valence-electron chi connectivity index (χ2n) is 4.23. The molecular weight excluding hydrogens is 192 g/mol. The molecule has 0 radical (unpaired) electrons. The molecule has 1 atom stereocenters. The number of aliphatic hydroxyl groups excluding tert-OH is 1. The van der Waals surface area contributed by atoms with Crippen molar-refractivity contribution in [2.75, 3.05) is 40.4 Å². The summed E-state index contributed by atoms with van der Waals surface area (Å²) in [6, 6.07) is 0.411. The van der Waals surface area contributed by atoms with Crippen LogP contribution in [0.25, 0.3) is 0 Å². The lowest BCUT2D eigenvalue weighted by Gasteiger charge is -2.33. The average molecular weight is 216 g/mol. The SMILES string of the molecule is CNC(CCO)CN1CCC(OC)CC1. The first-order valence-corrected chi connectivity index (χ1v) is 5.83. The van der Waals surface area contributed by atoms with E-state index in [2.05, 4.69) is 10.2 Å². The number of likely N-dealkylation sites (tertiary alicyclic amines) is 1. The van der Waals surface area contributed by atoms with Gasteiger partial charge in [0.15, 0.2) is 0 Å². The van der Waals surface area contributed by atoms with Crippen LogP contribution < -0.4 is 5.32 Å². The molecule has 1 saturated heterocycles. The Bertz CT molecular complexity index is 159. The van der Waals surface area contributed by atoms with E-state index in [4.69, 9.17) is 9.84 Å². The van der Waals surface area contributed by atoms with E-state index in [9.17, 15) is 0 Å². The lowest BCUT2D eigenvalue weighted by Crippen LogP contribution is -2.44. The summed E-state index contributed by atoms with van der Waals surface area (Å²) in [4.78, 5) is 2.45. The summed E-state index contributed by atoms with van der Waals surface area (Å²) in [7, 11) is 3.75. The Morgan fingerprint density at radius 1 is 1.47 bits per heavy atom. The van der Waals surface area contributed by atoms with Crippen molar-refractivity contribution in [3.63, 3.8) is 0 Å². The number of rotatable bonds is 6. The van der Waals surface area contributed by atoms with Crippen LogP contribution in [0, 0.1) is 0 Å². The smallest absolute Gasteiger partial charge is 0.0595 e. The van der Waals surface area contributed by atoms with E-state index in [1.807, 2.05) is 7.05 Å². The first-order valence-electron chi connectivity index (χ1n) is 5.83. The third kappa shape index (κ3) is 4.47. The fourth-order valence-corrected chi connectivity index (χ4v) is 2.12. The molecule has 1 unspecified atom stereocenters. The summed E-state index contributed by atoms with van der Waals surface area (Å²) in [5.41, 5.74) is 0.